The molecule has 0 bridgehead atoms. The lowest BCUT2D eigenvalue weighted by atomic mass is 10.1. The summed E-state index contributed by atoms with van der Waals surface area (Å²) in [6, 6.07) is 8.33. The summed E-state index contributed by atoms with van der Waals surface area (Å²) < 4.78 is 50.0. The highest BCUT2D eigenvalue weighted by Gasteiger charge is 2.30. The van der Waals surface area contributed by atoms with Gasteiger partial charge in [-0.15, -0.1) is 0 Å². The lowest BCUT2D eigenvalue weighted by Gasteiger charge is -2.26. The fourth-order valence-corrected chi connectivity index (χ4v) is 3.06. The quantitative estimate of drug-likeness (QED) is 0.595. The topological polar surface area (TPSA) is 60.4 Å². The monoisotopic (exact) mass is 428 g/mol. The van der Waals surface area contributed by atoms with Crippen molar-refractivity contribution in [2.45, 2.75) is 6.18 Å². The van der Waals surface area contributed by atoms with E-state index in [-0.39, 0.29) is 17.1 Å². The van der Waals surface area contributed by atoms with E-state index in [4.69, 9.17) is 9.47 Å². The molecule has 0 N–H and O–H groups in total. The fraction of sp³-hybridized carbons (Fsp3) is 0.318. The molecule has 0 aliphatic carbocycles. The molecule has 1 fully saturated rings. The van der Waals surface area contributed by atoms with E-state index < -0.39 is 11.7 Å². The second-order valence-electron chi connectivity index (χ2n) is 6.85. The maximum atomic E-state index is 13.0. The molecular weight excluding hydrogens is 409 g/mol. The van der Waals surface area contributed by atoms with E-state index in [0.717, 1.165) is 25.2 Å². The SMILES string of the molecule is FC(F)(F)c1cccc(C#Cc2nc3ncccc3nc2OCCN2CCOCC2)c1. The number of benzene rings is 1. The van der Waals surface area contributed by atoms with Crippen molar-refractivity contribution in [1.29, 1.82) is 0 Å². The van der Waals surface area contributed by atoms with Crippen LogP contribution in [0.5, 0.6) is 5.88 Å². The van der Waals surface area contributed by atoms with Gasteiger partial charge in [0.15, 0.2) is 11.3 Å². The molecule has 0 unspecified atom stereocenters. The number of fused-ring (bicyclic) bond motifs is 1. The lowest BCUT2D eigenvalue weighted by Crippen LogP contribution is -2.38. The summed E-state index contributed by atoms with van der Waals surface area (Å²) in [7, 11) is 0. The van der Waals surface area contributed by atoms with Crippen LogP contribution in [0.2, 0.25) is 0 Å². The van der Waals surface area contributed by atoms with Crippen molar-refractivity contribution in [3.8, 4) is 17.7 Å². The maximum Gasteiger partial charge on any atom is 0.416 e. The zero-order valence-corrected chi connectivity index (χ0v) is 16.5. The fourth-order valence-electron chi connectivity index (χ4n) is 3.06. The third-order valence-corrected chi connectivity index (χ3v) is 4.67. The van der Waals surface area contributed by atoms with Crippen molar-refractivity contribution < 1.29 is 22.6 Å². The second-order valence-corrected chi connectivity index (χ2v) is 6.85. The molecule has 0 atom stereocenters. The molecular formula is C22H19F3N4O2. The summed E-state index contributed by atoms with van der Waals surface area (Å²) in [6.45, 7) is 4.11. The summed E-state index contributed by atoms with van der Waals surface area (Å²) in [4.78, 5) is 15.2. The van der Waals surface area contributed by atoms with E-state index >= 15 is 0 Å². The Morgan fingerprint density at radius 1 is 1.06 bits per heavy atom. The molecule has 0 amide bonds. The molecule has 0 spiro atoms. The third-order valence-electron chi connectivity index (χ3n) is 4.67. The van der Waals surface area contributed by atoms with E-state index in [0.29, 0.717) is 37.5 Å². The van der Waals surface area contributed by atoms with Crippen LogP contribution in [0.15, 0.2) is 42.6 Å². The Hall–Kier alpha value is -3.22. The van der Waals surface area contributed by atoms with Gasteiger partial charge in [-0.3, -0.25) is 4.90 Å². The van der Waals surface area contributed by atoms with Crippen LogP contribution in [0.25, 0.3) is 11.2 Å². The smallest absolute Gasteiger partial charge is 0.416 e. The van der Waals surface area contributed by atoms with Gasteiger partial charge in [0.1, 0.15) is 12.1 Å². The van der Waals surface area contributed by atoms with Gasteiger partial charge >= 0.3 is 6.18 Å². The molecule has 4 rings (SSSR count). The van der Waals surface area contributed by atoms with Crippen molar-refractivity contribution in [2.24, 2.45) is 0 Å². The first-order chi connectivity index (χ1) is 15.0. The molecule has 3 aromatic rings. The minimum atomic E-state index is -4.43. The van der Waals surface area contributed by atoms with Crippen LogP contribution in [0.3, 0.4) is 0 Å². The Balaban J connectivity index is 1.59. The molecule has 3 heterocycles. The van der Waals surface area contributed by atoms with Crippen LogP contribution in [-0.4, -0.2) is 59.3 Å². The van der Waals surface area contributed by atoms with Gasteiger partial charge in [-0.1, -0.05) is 12.0 Å². The number of ether oxygens (including phenoxy) is 2. The van der Waals surface area contributed by atoms with Gasteiger partial charge in [0, 0.05) is 31.4 Å². The van der Waals surface area contributed by atoms with Crippen LogP contribution < -0.4 is 4.74 Å². The number of morpholine rings is 1. The van der Waals surface area contributed by atoms with Crippen LogP contribution in [0.1, 0.15) is 16.8 Å². The standard InChI is InChI=1S/C22H19F3N4O2/c23-22(24,25)17-4-1-3-16(15-17)6-7-19-21(28-18-5-2-8-26-20(18)27-19)31-14-11-29-9-12-30-13-10-29/h1-5,8,15H,9-14H2. The second kappa shape index (κ2) is 9.29. The Morgan fingerprint density at radius 3 is 2.71 bits per heavy atom. The van der Waals surface area contributed by atoms with Crippen molar-refractivity contribution in [1.82, 2.24) is 19.9 Å². The number of hydrogen-bond donors (Lipinski definition) is 0. The Kier molecular flexibility index (Phi) is 6.30. The van der Waals surface area contributed by atoms with E-state index in [1.807, 2.05) is 0 Å². The van der Waals surface area contributed by atoms with E-state index in [9.17, 15) is 13.2 Å². The summed E-state index contributed by atoms with van der Waals surface area (Å²) >= 11 is 0. The Morgan fingerprint density at radius 2 is 1.90 bits per heavy atom. The minimum Gasteiger partial charge on any atom is -0.474 e. The van der Waals surface area contributed by atoms with Crippen LogP contribution in [-0.2, 0) is 10.9 Å². The Labute approximate surface area is 177 Å². The molecule has 0 radical (unpaired) electrons. The Bertz CT molecular complexity index is 1120. The van der Waals surface area contributed by atoms with Gasteiger partial charge in [0.05, 0.1) is 18.8 Å². The van der Waals surface area contributed by atoms with Gasteiger partial charge in [0.25, 0.3) is 0 Å². The van der Waals surface area contributed by atoms with Crippen molar-refractivity contribution in [2.75, 3.05) is 39.5 Å². The zero-order valence-electron chi connectivity index (χ0n) is 16.5. The summed E-state index contributed by atoms with van der Waals surface area (Å²) in [5, 5.41) is 0. The number of rotatable bonds is 4. The molecule has 1 saturated heterocycles. The number of aromatic nitrogens is 3. The molecule has 1 aliphatic rings. The number of hydrogen-bond acceptors (Lipinski definition) is 6. The van der Waals surface area contributed by atoms with Crippen molar-refractivity contribution >= 4 is 11.2 Å². The molecule has 31 heavy (non-hydrogen) atoms. The van der Waals surface area contributed by atoms with E-state index in [1.165, 1.54) is 12.1 Å². The highest BCUT2D eigenvalue weighted by Crippen LogP contribution is 2.29. The first-order valence-electron chi connectivity index (χ1n) is 9.74. The minimum absolute atomic E-state index is 0.219. The molecule has 0 saturated carbocycles. The van der Waals surface area contributed by atoms with Gasteiger partial charge in [-0.2, -0.15) is 13.2 Å². The zero-order chi connectivity index (χ0) is 21.7. The van der Waals surface area contributed by atoms with Gasteiger partial charge in [-0.25, -0.2) is 15.0 Å². The molecule has 6 nitrogen and oxygen atoms in total. The van der Waals surface area contributed by atoms with Gasteiger partial charge in [0.2, 0.25) is 5.88 Å². The molecule has 9 heteroatoms. The average molecular weight is 428 g/mol. The van der Waals surface area contributed by atoms with E-state index in [1.54, 1.807) is 18.3 Å². The van der Waals surface area contributed by atoms with Crippen molar-refractivity contribution in [3.05, 3.63) is 59.4 Å². The first kappa shape index (κ1) is 21.0. The number of nitrogens with zero attached hydrogens (tertiary/aromatic N) is 4. The van der Waals surface area contributed by atoms with Gasteiger partial charge < -0.3 is 9.47 Å². The normalized spacial score (nSPS) is 14.8. The summed E-state index contributed by atoms with van der Waals surface area (Å²) in [5.74, 6) is 5.76. The van der Waals surface area contributed by atoms with Crippen LogP contribution >= 0.6 is 0 Å². The number of halogens is 3. The van der Waals surface area contributed by atoms with Crippen molar-refractivity contribution in [3.63, 3.8) is 0 Å². The van der Waals surface area contributed by atoms with E-state index in [2.05, 4.69) is 31.7 Å². The molecule has 1 aliphatic heterocycles. The van der Waals surface area contributed by atoms with Crippen LogP contribution in [0.4, 0.5) is 13.2 Å². The largest absolute Gasteiger partial charge is 0.474 e. The third kappa shape index (κ3) is 5.48. The summed E-state index contributed by atoms with van der Waals surface area (Å²) in [6.07, 6.45) is -2.85. The highest BCUT2D eigenvalue weighted by molar-refractivity contribution is 5.71. The average Bonchev–Trinajstić information content (AvgIpc) is 2.78. The molecule has 160 valence electrons. The molecule has 2 aromatic heterocycles. The summed E-state index contributed by atoms with van der Waals surface area (Å²) in [5.41, 5.74) is 0.625. The van der Waals surface area contributed by atoms with Crippen LogP contribution in [0, 0.1) is 11.8 Å². The predicted octanol–water partition coefficient (Wildman–Crippen LogP) is 3.15. The first-order valence-corrected chi connectivity index (χ1v) is 9.74. The highest BCUT2D eigenvalue weighted by atomic mass is 19.4. The van der Waals surface area contributed by atoms with Gasteiger partial charge in [-0.05, 0) is 36.3 Å². The number of alkyl halides is 3. The maximum absolute atomic E-state index is 13.0. The lowest BCUT2D eigenvalue weighted by molar-refractivity contribution is -0.137. The molecule has 1 aromatic carbocycles. The predicted molar refractivity (Wildman–Crippen MR) is 108 cm³/mol. The number of pyridine rings is 1.